The highest BCUT2D eigenvalue weighted by Crippen LogP contribution is 2.10. The third kappa shape index (κ3) is 3.67. The van der Waals surface area contributed by atoms with Gasteiger partial charge in [-0.15, -0.1) is 0 Å². The molecule has 0 aliphatic carbocycles. The summed E-state index contributed by atoms with van der Waals surface area (Å²) < 4.78 is 0. The SMILES string of the molecule is Cc1cncc(NC(=O)c2ccc(C#CCO)cc2)c1. The van der Waals surface area contributed by atoms with Crippen molar-refractivity contribution in [2.75, 3.05) is 11.9 Å². The number of hydrogen-bond acceptors (Lipinski definition) is 3. The van der Waals surface area contributed by atoms with E-state index in [-0.39, 0.29) is 12.5 Å². The smallest absolute Gasteiger partial charge is 0.255 e. The van der Waals surface area contributed by atoms with E-state index < -0.39 is 0 Å². The van der Waals surface area contributed by atoms with Gasteiger partial charge in [-0.2, -0.15) is 0 Å². The number of anilines is 1. The van der Waals surface area contributed by atoms with E-state index in [4.69, 9.17) is 5.11 Å². The minimum Gasteiger partial charge on any atom is -0.384 e. The van der Waals surface area contributed by atoms with Crippen LogP contribution in [0.1, 0.15) is 21.5 Å². The lowest BCUT2D eigenvalue weighted by molar-refractivity contribution is 0.102. The highest BCUT2D eigenvalue weighted by atomic mass is 16.2. The van der Waals surface area contributed by atoms with Gasteiger partial charge in [-0.05, 0) is 42.8 Å². The Bertz CT molecular complexity index is 667. The zero-order valence-corrected chi connectivity index (χ0v) is 11.1. The van der Waals surface area contributed by atoms with E-state index in [1.54, 1.807) is 36.7 Å². The molecular formula is C16H14N2O2. The standard InChI is InChI=1S/C16H14N2O2/c1-12-9-15(11-17-10-12)18-16(20)14-6-4-13(5-7-14)3-2-8-19/h4-7,9-11,19H,8H2,1H3,(H,18,20). The maximum atomic E-state index is 12.0. The van der Waals surface area contributed by atoms with Gasteiger partial charge in [-0.1, -0.05) is 11.8 Å². The van der Waals surface area contributed by atoms with Gasteiger partial charge in [0.1, 0.15) is 6.61 Å². The van der Waals surface area contributed by atoms with Crippen molar-refractivity contribution in [1.29, 1.82) is 0 Å². The molecule has 1 heterocycles. The number of carbonyl (C=O) groups excluding carboxylic acids is 1. The van der Waals surface area contributed by atoms with Crippen LogP contribution in [0.15, 0.2) is 42.7 Å². The minimum absolute atomic E-state index is 0.178. The molecule has 2 rings (SSSR count). The number of aromatic nitrogens is 1. The van der Waals surface area contributed by atoms with Gasteiger partial charge >= 0.3 is 0 Å². The lowest BCUT2D eigenvalue weighted by atomic mass is 10.1. The van der Waals surface area contributed by atoms with Crippen molar-refractivity contribution in [3.63, 3.8) is 0 Å². The van der Waals surface area contributed by atoms with Gasteiger partial charge in [0.2, 0.25) is 0 Å². The van der Waals surface area contributed by atoms with Crippen LogP contribution < -0.4 is 5.32 Å². The molecule has 2 aromatic rings. The number of carbonyl (C=O) groups is 1. The van der Waals surface area contributed by atoms with Gasteiger partial charge in [0.05, 0.1) is 11.9 Å². The van der Waals surface area contributed by atoms with Crippen LogP contribution in [-0.4, -0.2) is 22.6 Å². The molecule has 0 saturated carbocycles. The van der Waals surface area contributed by atoms with Gasteiger partial charge < -0.3 is 10.4 Å². The van der Waals surface area contributed by atoms with Gasteiger partial charge in [0.25, 0.3) is 5.91 Å². The highest BCUT2D eigenvalue weighted by molar-refractivity contribution is 6.04. The topological polar surface area (TPSA) is 62.2 Å². The Balaban J connectivity index is 2.09. The first-order chi connectivity index (χ1) is 9.69. The second-order valence-corrected chi connectivity index (χ2v) is 4.24. The predicted octanol–water partition coefficient (Wildman–Crippen LogP) is 1.99. The minimum atomic E-state index is -0.195. The summed E-state index contributed by atoms with van der Waals surface area (Å²) in [4.78, 5) is 16.1. The Hall–Kier alpha value is -2.64. The zero-order valence-electron chi connectivity index (χ0n) is 11.1. The summed E-state index contributed by atoms with van der Waals surface area (Å²) in [7, 11) is 0. The molecule has 0 bridgehead atoms. The molecule has 1 aromatic carbocycles. The van der Waals surface area contributed by atoms with Crippen molar-refractivity contribution < 1.29 is 9.90 Å². The maximum Gasteiger partial charge on any atom is 0.255 e. The fourth-order valence-electron chi connectivity index (χ4n) is 1.67. The molecule has 0 aliphatic rings. The van der Waals surface area contributed by atoms with E-state index in [2.05, 4.69) is 22.1 Å². The van der Waals surface area contributed by atoms with Crippen molar-refractivity contribution in [3.8, 4) is 11.8 Å². The van der Waals surface area contributed by atoms with Crippen molar-refractivity contribution >= 4 is 11.6 Å². The van der Waals surface area contributed by atoms with Crippen LogP contribution in [-0.2, 0) is 0 Å². The lowest BCUT2D eigenvalue weighted by Gasteiger charge is -2.05. The predicted molar refractivity (Wildman–Crippen MR) is 77.3 cm³/mol. The molecule has 0 fully saturated rings. The summed E-state index contributed by atoms with van der Waals surface area (Å²) in [6.45, 7) is 1.74. The van der Waals surface area contributed by atoms with Gasteiger partial charge in [-0.3, -0.25) is 9.78 Å². The third-order valence-electron chi connectivity index (χ3n) is 2.59. The molecule has 4 nitrogen and oxygen atoms in total. The lowest BCUT2D eigenvalue weighted by Crippen LogP contribution is -2.12. The Morgan fingerprint density at radius 1 is 1.30 bits per heavy atom. The molecule has 4 heteroatoms. The number of amides is 1. The van der Waals surface area contributed by atoms with E-state index in [9.17, 15) is 4.79 Å². The number of rotatable bonds is 2. The number of pyridine rings is 1. The summed E-state index contributed by atoms with van der Waals surface area (Å²) >= 11 is 0. The molecular weight excluding hydrogens is 252 g/mol. The number of benzene rings is 1. The van der Waals surface area contributed by atoms with E-state index in [0.29, 0.717) is 11.3 Å². The van der Waals surface area contributed by atoms with Gasteiger partial charge in [0, 0.05) is 17.3 Å². The van der Waals surface area contributed by atoms with Crippen LogP contribution >= 0.6 is 0 Å². The number of hydrogen-bond donors (Lipinski definition) is 2. The van der Waals surface area contributed by atoms with E-state index in [1.165, 1.54) is 0 Å². The maximum absolute atomic E-state index is 12.0. The van der Waals surface area contributed by atoms with E-state index in [1.807, 2.05) is 13.0 Å². The summed E-state index contributed by atoms with van der Waals surface area (Å²) in [5, 5.41) is 11.4. The molecule has 1 amide bonds. The normalized spacial score (nSPS) is 9.50. The van der Waals surface area contributed by atoms with Crippen LogP contribution in [0.4, 0.5) is 5.69 Å². The molecule has 0 saturated heterocycles. The number of nitrogens with one attached hydrogen (secondary N) is 1. The number of aliphatic hydroxyl groups is 1. The van der Waals surface area contributed by atoms with E-state index in [0.717, 1.165) is 11.1 Å². The highest BCUT2D eigenvalue weighted by Gasteiger charge is 2.05. The van der Waals surface area contributed by atoms with E-state index >= 15 is 0 Å². The quantitative estimate of drug-likeness (QED) is 0.817. The average Bonchev–Trinajstić information content (AvgIpc) is 2.45. The number of nitrogens with zero attached hydrogens (tertiary/aromatic N) is 1. The van der Waals surface area contributed by atoms with Crippen LogP contribution in [0, 0.1) is 18.8 Å². The Kier molecular flexibility index (Phi) is 4.48. The molecule has 0 aliphatic heterocycles. The van der Waals surface area contributed by atoms with Crippen LogP contribution in [0.2, 0.25) is 0 Å². The second-order valence-electron chi connectivity index (χ2n) is 4.24. The van der Waals surface area contributed by atoms with Crippen molar-refractivity contribution in [1.82, 2.24) is 4.98 Å². The van der Waals surface area contributed by atoms with Crippen molar-refractivity contribution in [2.45, 2.75) is 6.92 Å². The fraction of sp³-hybridized carbons (Fsp3) is 0.125. The first kappa shape index (κ1) is 13.8. The Labute approximate surface area is 117 Å². The van der Waals surface area contributed by atoms with Crippen LogP contribution in [0.5, 0.6) is 0 Å². The summed E-state index contributed by atoms with van der Waals surface area (Å²) in [6, 6.07) is 8.73. The van der Waals surface area contributed by atoms with Crippen LogP contribution in [0.25, 0.3) is 0 Å². The first-order valence-corrected chi connectivity index (χ1v) is 6.12. The largest absolute Gasteiger partial charge is 0.384 e. The Morgan fingerprint density at radius 3 is 2.70 bits per heavy atom. The molecule has 100 valence electrons. The van der Waals surface area contributed by atoms with Crippen LogP contribution in [0.3, 0.4) is 0 Å². The third-order valence-corrected chi connectivity index (χ3v) is 2.59. The van der Waals surface area contributed by atoms with Crippen molar-refractivity contribution in [2.24, 2.45) is 0 Å². The molecule has 20 heavy (non-hydrogen) atoms. The Morgan fingerprint density at radius 2 is 2.05 bits per heavy atom. The summed E-state index contributed by atoms with van der Waals surface area (Å²) in [5.41, 5.74) is 2.95. The molecule has 1 aromatic heterocycles. The average molecular weight is 266 g/mol. The molecule has 0 unspecified atom stereocenters. The zero-order chi connectivity index (χ0) is 14.4. The fourth-order valence-corrected chi connectivity index (χ4v) is 1.67. The van der Waals surface area contributed by atoms with Gasteiger partial charge in [0.15, 0.2) is 0 Å². The summed E-state index contributed by atoms with van der Waals surface area (Å²) in [6.07, 6.45) is 3.33. The number of aryl methyl sites for hydroxylation is 1. The van der Waals surface area contributed by atoms with Crippen molar-refractivity contribution in [3.05, 3.63) is 59.4 Å². The van der Waals surface area contributed by atoms with Gasteiger partial charge in [-0.25, -0.2) is 0 Å². The molecule has 0 radical (unpaired) electrons. The second kappa shape index (κ2) is 6.50. The molecule has 0 spiro atoms. The number of aliphatic hydroxyl groups excluding tert-OH is 1. The monoisotopic (exact) mass is 266 g/mol. The first-order valence-electron chi connectivity index (χ1n) is 6.12. The molecule has 2 N–H and O–H groups in total. The molecule has 0 atom stereocenters. The summed E-state index contributed by atoms with van der Waals surface area (Å²) in [5.74, 6) is 5.14.